The van der Waals surface area contributed by atoms with Crippen molar-refractivity contribution in [3.63, 3.8) is 0 Å². The summed E-state index contributed by atoms with van der Waals surface area (Å²) in [5, 5.41) is 12.0. The number of rotatable bonds is 4. The van der Waals surface area contributed by atoms with E-state index < -0.39 is 5.91 Å². The van der Waals surface area contributed by atoms with Gasteiger partial charge in [0.1, 0.15) is 11.6 Å². The summed E-state index contributed by atoms with van der Waals surface area (Å²) in [6, 6.07) is 17.3. The van der Waals surface area contributed by atoms with Gasteiger partial charge >= 0.3 is 0 Å². The Morgan fingerprint density at radius 3 is 2.22 bits per heavy atom. The van der Waals surface area contributed by atoms with Crippen LogP contribution in [0.3, 0.4) is 0 Å². The molecule has 23 heavy (non-hydrogen) atoms. The summed E-state index contributed by atoms with van der Waals surface area (Å²) in [6.07, 6.45) is 1.60. The molecule has 2 rings (SSSR count). The summed E-state index contributed by atoms with van der Waals surface area (Å²) in [5.41, 5.74) is 3.94. The van der Waals surface area contributed by atoms with Gasteiger partial charge in [0.15, 0.2) is 0 Å². The molecular formula is C20H20N2O. The first-order valence-electron chi connectivity index (χ1n) is 7.59. The van der Waals surface area contributed by atoms with Crippen LogP contribution in [0.25, 0.3) is 6.08 Å². The van der Waals surface area contributed by atoms with Gasteiger partial charge in [-0.1, -0.05) is 55.8 Å². The molecule has 0 aliphatic carbocycles. The summed E-state index contributed by atoms with van der Waals surface area (Å²) in [7, 11) is 0. The fourth-order valence-electron chi connectivity index (χ4n) is 2.13. The zero-order valence-corrected chi connectivity index (χ0v) is 13.6. The fraction of sp³-hybridized carbons (Fsp3) is 0.200. The van der Waals surface area contributed by atoms with E-state index in [0.29, 0.717) is 11.6 Å². The topological polar surface area (TPSA) is 52.9 Å². The lowest BCUT2D eigenvalue weighted by Gasteiger charge is -2.06. The van der Waals surface area contributed by atoms with Crippen LogP contribution in [0.4, 0.5) is 5.69 Å². The molecule has 0 aromatic heterocycles. The monoisotopic (exact) mass is 304 g/mol. The van der Waals surface area contributed by atoms with Crippen molar-refractivity contribution in [2.45, 2.75) is 26.7 Å². The van der Waals surface area contributed by atoms with E-state index in [1.807, 2.05) is 61.5 Å². The van der Waals surface area contributed by atoms with E-state index in [0.717, 1.165) is 11.1 Å². The van der Waals surface area contributed by atoms with Gasteiger partial charge in [-0.2, -0.15) is 5.26 Å². The molecule has 0 aliphatic heterocycles. The van der Waals surface area contributed by atoms with Crippen LogP contribution < -0.4 is 5.32 Å². The number of hydrogen-bond donors (Lipinski definition) is 1. The molecule has 1 amide bonds. The van der Waals surface area contributed by atoms with E-state index in [2.05, 4.69) is 19.2 Å². The van der Waals surface area contributed by atoms with Gasteiger partial charge in [-0.3, -0.25) is 4.79 Å². The molecular weight excluding hydrogens is 284 g/mol. The van der Waals surface area contributed by atoms with Crippen molar-refractivity contribution >= 4 is 17.7 Å². The van der Waals surface area contributed by atoms with Crippen molar-refractivity contribution in [1.82, 2.24) is 0 Å². The van der Waals surface area contributed by atoms with Gasteiger partial charge < -0.3 is 5.32 Å². The van der Waals surface area contributed by atoms with E-state index in [-0.39, 0.29) is 5.57 Å². The fourth-order valence-corrected chi connectivity index (χ4v) is 2.13. The van der Waals surface area contributed by atoms with E-state index >= 15 is 0 Å². The van der Waals surface area contributed by atoms with Gasteiger partial charge in [-0.05, 0) is 42.2 Å². The number of nitrogens with one attached hydrogen (secondary N) is 1. The van der Waals surface area contributed by atoms with Crippen LogP contribution in [0.5, 0.6) is 0 Å². The largest absolute Gasteiger partial charge is 0.321 e. The Morgan fingerprint density at radius 1 is 1.09 bits per heavy atom. The van der Waals surface area contributed by atoms with Crippen LogP contribution in [-0.4, -0.2) is 5.91 Å². The second-order valence-corrected chi connectivity index (χ2v) is 5.81. The van der Waals surface area contributed by atoms with Crippen molar-refractivity contribution in [3.05, 3.63) is 70.8 Å². The molecule has 0 saturated carbocycles. The van der Waals surface area contributed by atoms with Gasteiger partial charge in [0.05, 0.1) is 0 Å². The molecule has 3 heteroatoms. The van der Waals surface area contributed by atoms with Crippen LogP contribution in [0, 0.1) is 18.3 Å². The first-order valence-corrected chi connectivity index (χ1v) is 7.59. The smallest absolute Gasteiger partial charge is 0.266 e. The normalized spacial score (nSPS) is 11.2. The van der Waals surface area contributed by atoms with Gasteiger partial charge in [-0.25, -0.2) is 0 Å². The molecule has 0 bridgehead atoms. The summed E-state index contributed by atoms with van der Waals surface area (Å²) < 4.78 is 0. The minimum Gasteiger partial charge on any atom is -0.321 e. The van der Waals surface area contributed by atoms with E-state index in [1.165, 1.54) is 5.56 Å². The standard InChI is InChI=1S/C20H20N2O/c1-14(2)17-8-6-16(7-9-17)12-18(13-21)20(23)22-19-10-4-15(3)5-11-19/h4-12,14H,1-3H3,(H,22,23). The summed E-state index contributed by atoms with van der Waals surface area (Å²) >= 11 is 0. The third-order valence-corrected chi connectivity index (χ3v) is 3.59. The van der Waals surface area contributed by atoms with Gasteiger partial charge in [0.2, 0.25) is 0 Å². The Morgan fingerprint density at radius 2 is 1.70 bits per heavy atom. The van der Waals surface area contributed by atoms with E-state index in [1.54, 1.807) is 6.08 Å². The number of nitrogens with zero attached hydrogens (tertiary/aromatic N) is 1. The lowest BCUT2D eigenvalue weighted by atomic mass is 10.0. The van der Waals surface area contributed by atoms with Gasteiger partial charge in [-0.15, -0.1) is 0 Å². The number of hydrogen-bond acceptors (Lipinski definition) is 2. The van der Waals surface area contributed by atoms with Gasteiger partial charge in [0, 0.05) is 5.69 Å². The summed E-state index contributed by atoms with van der Waals surface area (Å²) in [6.45, 7) is 6.23. The van der Waals surface area contributed by atoms with Crippen LogP contribution in [0.1, 0.15) is 36.5 Å². The minimum absolute atomic E-state index is 0.0860. The zero-order chi connectivity index (χ0) is 16.8. The summed E-state index contributed by atoms with van der Waals surface area (Å²) in [5.74, 6) is 0.0533. The molecule has 0 heterocycles. The first kappa shape index (κ1) is 16.5. The summed E-state index contributed by atoms with van der Waals surface area (Å²) in [4.78, 5) is 12.2. The highest BCUT2D eigenvalue weighted by Gasteiger charge is 2.09. The predicted molar refractivity (Wildman–Crippen MR) is 93.9 cm³/mol. The highest BCUT2D eigenvalue weighted by Crippen LogP contribution is 2.17. The van der Waals surface area contributed by atoms with Crippen molar-refractivity contribution in [2.75, 3.05) is 5.32 Å². The molecule has 0 aliphatic rings. The molecule has 1 N–H and O–H groups in total. The maximum Gasteiger partial charge on any atom is 0.266 e. The highest BCUT2D eigenvalue weighted by atomic mass is 16.1. The molecule has 0 fully saturated rings. The van der Waals surface area contributed by atoms with Crippen LogP contribution in [0.15, 0.2) is 54.1 Å². The van der Waals surface area contributed by atoms with Crippen molar-refractivity contribution in [1.29, 1.82) is 5.26 Å². The molecule has 0 saturated heterocycles. The average molecular weight is 304 g/mol. The Kier molecular flexibility index (Phi) is 5.32. The van der Waals surface area contributed by atoms with Crippen LogP contribution in [0.2, 0.25) is 0 Å². The van der Waals surface area contributed by atoms with Crippen molar-refractivity contribution in [2.24, 2.45) is 0 Å². The maximum atomic E-state index is 12.2. The molecule has 0 unspecified atom stereocenters. The van der Waals surface area contributed by atoms with Crippen LogP contribution in [-0.2, 0) is 4.79 Å². The molecule has 0 atom stereocenters. The maximum absolute atomic E-state index is 12.2. The Labute approximate surface area is 137 Å². The zero-order valence-electron chi connectivity index (χ0n) is 13.6. The lowest BCUT2D eigenvalue weighted by molar-refractivity contribution is -0.112. The van der Waals surface area contributed by atoms with Crippen molar-refractivity contribution in [3.8, 4) is 6.07 Å². The Hall–Kier alpha value is -2.86. The Balaban J connectivity index is 2.16. The average Bonchev–Trinajstić information content (AvgIpc) is 2.55. The highest BCUT2D eigenvalue weighted by molar-refractivity contribution is 6.09. The number of anilines is 1. The third kappa shape index (κ3) is 4.55. The SMILES string of the molecule is Cc1ccc(NC(=O)C(C#N)=Cc2ccc(C(C)C)cc2)cc1. The van der Waals surface area contributed by atoms with Gasteiger partial charge in [0.25, 0.3) is 5.91 Å². The number of benzene rings is 2. The number of carbonyl (C=O) groups excluding carboxylic acids is 1. The van der Waals surface area contributed by atoms with Crippen molar-refractivity contribution < 1.29 is 4.79 Å². The second kappa shape index (κ2) is 7.42. The minimum atomic E-state index is -0.399. The molecule has 2 aromatic carbocycles. The quantitative estimate of drug-likeness (QED) is 0.659. The molecule has 0 radical (unpaired) electrons. The lowest BCUT2D eigenvalue weighted by Crippen LogP contribution is -2.13. The second-order valence-electron chi connectivity index (χ2n) is 5.81. The molecule has 116 valence electrons. The molecule has 3 nitrogen and oxygen atoms in total. The predicted octanol–water partition coefficient (Wildman–Crippen LogP) is 4.66. The number of amides is 1. The number of aryl methyl sites for hydroxylation is 1. The van der Waals surface area contributed by atoms with Crippen LogP contribution >= 0.6 is 0 Å². The first-order chi connectivity index (χ1) is 11.0. The number of nitriles is 1. The van der Waals surface area contributed by atoms with E-state index in [9.17, 15) is 10.1 Å². The number of carbonyl (C=O) groups is 1. The third-order valence-electron chi connectivity index (χ3n) is 3.59. The molecule has 0 spiro atoms. The van der Waals surface area contributed by atoms with E-state index in [4.69, 9.17) is 0 Å². The molecule has 2 aromatic rings. The Bertz CT molecular complexity index is 748.